The largest absolute Gasteiger partial charge is 0.465 e. The summed E-state index contributed by atoms with van der Waals surface area (Å²) in [4.78, 5) is 12.2. The lowest BCUT2D eigenvalue weighted by Crippen LogP contribution is -2.15. The number of rotatable bonds is 30. The second-order valence-corrected chi connectivity index (χ2v) is 10.8. The number of hydrogen-bond donors (Lipinski definition) is 0. The van der Waals surface area contributed by atoms with Gasteiger partial charge in [0.05, 0.1) is 19.8 Å². The van der Waals surface area contributed by atoms with Crippen LogP contribution < -0.4 is 0 Å². The molecule has 0 saturated heterocycles. The van der Waals surface area contributed by atoms with Crippen molar-refractivity contribution in [1.82, 2.24) is 0 Å². The fourth-order valence-electron chi connectivity index (χ4n) is 4.65. The summed E-state index contributed by atoms with van der Waals surface area (Å²) in [6.07, 6.45) is 27.3. The lowest BCUT2D eigenvalue weighted by molar-refractivity contribution is -0.145. The number of carbonyl (C=O) groups excluding carboxylic acids is 1. The van der Waals surface area contributed by atoms with E-state index in [2.05, 4.69) is 20.8 Å². The van der Waals surface area contributed by atoms with Gasteiger partial charge in [-0.2, -0.15) is 0 Å². The minimum atomic E-state index is -0.0638. The Hall–Kier alpha value is -0.610. The molecule has 0 aliphatic heterocycles. The molecule has 0 amide bonds. The molecule has 0 fully saturated rings. The van der Waals surface area contributed by atoms with Crippen LogP contribution in [0.3, 0.4) is 0 Å². The highest BCUT2D eigenvalue weighted by Crippen LogP contribution is 2.19. The molecule has 0 heterocycles. The third-order valence-electron chi connectivity index (χ3n) is 7.10. The van der Waals surface area contributed by atoms with Crippen molar-refractivity contribution < 1.29 is 19.0 Å². The molecule has 1 unspecified atom stereocenters. The van der Waals surface area contributed by atoms with Gasteiger partial charge in [-0.25, -0.2) is 0 Å². The van der Waals surface area contributed by atoms with Crippen LogP contribution in [0.2, 0.25) is 0 Å². The molecule has 0 aromatic heterocycles. The molecular formula is C32H64O4. The number of hydrogen-bond acceptors (Lipinski definition) is 4. The van der Waals surface area contributed by atoms with E-state index in [0.29, 0.717) is 38.8 Å². The second kappa shape index (κ2) is 30.6. The van der Waals surface area contributed by atoms with Crippen LogP contribution in [0.15, 0.2) is 0 Å². The predicted molar refractivity (Wildman–Crippen MR) is 155 cm³/mol. The predicted octanol–water partition coefficient (Wildman–Crippen LogP) is 9.82. The molecule has 4 nitrogen and oxygen atoms in total. The summed E-state index contributed by atoms with van der Waals surface area (Å²) >= 11 is 0. The number of carbonyl (C=O) groups is 1. The quantitative estimate of drug-likeness (QED) is 0.0709. The number of unbranched alkanes of at least 4 members (excludes halogenated alkanes) is 15. The van der Waals surface area contributed by atoms with Gasteiger partial charge in [-0.05, 0) is 31.6 Å². The Bertz CT molecular complexity index is 426. The van der Waals surface area contributed by atoms with Crippen molar-refractivity contribution in [2.75, 3.05) is 33.0 Å². The summed E-state index contributed by atoms with van der Waals surface area (Å²) in [6.45, 7) is 10.1. The van der Waals surface area contributed by atoms with Crippen LogP contribution in [-0.2, 0) is 19.0 Å². The third kappa shape index (κ3) is 28.0. The van der Waals surface area contributed by atoms with Gasteiger partial charge in [0.1, 0.15) is 0 Å². The first-order valence-corrected chi connectivity index (χ1v) is 16.1. The van der Waals surface area contributed by atoms with E-state index in [1.807, 2.05) is 0 Å². The van der Waals surface area contributed by atoms with Crippen LogP contribution in [0.4, 0.5) is 0 Å². The molecule has 36 heavy (non-hydrogen) atoms. The van der Waals surface area contributed by atoms with E-state index in [-0.39, 0.29) is 5.97 Å². The SMILES string of the molecule is CCCCCCCCCCOCCOCCCC(=O)OCC(CCCCCC)CCCCCCCC. The zero-order chi connectivity index (χ0) is 26.4. The molecule has 0 saturated carbocycles. The van der Waals surface area contributed by atoms with Crippen LogP contribution in [0, 0.1) is 5.92 Å². The lowest BCUT2D eigenvalue weighted by Gasteiger charge is -2.17. The minimum Gasteiger partial charge on any atom is -0.465 e. The van der Waals surface area contributed by atoms with Crippen molar-refractivity contribution in [1.29, 1.82) is 0 Å². The highest BCUT2D eigenvalue weighted by molar-refractivity contribution is 5.69. The third-order valence-corrected chi connectivity index (χ3v) is 7.10. The molecule has 4 heteroatoms. The van der Waals surface area contributed by atoms with E-state index in [9.17, 15) is 4.79 Å². The molecule has 1 atom stereocenters. The zero-order valence-electron chi connectivity index (χ0n) is 24.8. The first-order valence-electron chi connectivity index (χ1n) is 16.1. The normalized spacial score (nSPS) is 12.2. The highest BCUT2D eigenvalue weighted by Gasteiger charge is 2.12. The van der Waals surface area contributed by atoms with Gasteiger partial charge in [-0.1, -0.05) is 130 Å². The molecule has 0 aliphatic carbocycles. The molecular weight excluding hydrogens is 448 g/mol. The Balaban J connectivity index is 3.66. The van der Waals surface area contributed by atoms with Crippen molar-refractivity contribution in [2.24, 2.45) is 5.92 Å². The fraction of sp³-hybridized carbons (Fsp3) is 0.969. The second-order valence-electron chi connectivity index (χ2n) is 10.8. The summed E-state index contributed by atoms with van der Waals surface area (Å²) in [5.74, 6) is 0.470. The molecule has 0 spiro atoms. The summed E-state index contributed by atoms with van der Waals surface area (Å²) in [5.41, 5.74) is 0. The van der Waals surface area contributed by atoms with Crippen LogP contribution in [0.5, 0.6) is 0 Å². The van der Waals surface area contributed by atoms with Crippen molar-refractivity contribution in [3.63, 3.8) is 0 Å². The Morgan fingerprint density at radius 2 is 0.917 bits per heavy atom. The van der Waals surface area contributed by atoms with E-state index in [1.54, 1.807) is 0 Å². The molecule has 0 aromatic rings. The minimum absolute atomic E-state index is 0.0638. The molecule has 0 bridgehead atoms. The lowest BCUT2D eigenvalue weighted by atomic mass is 9.95. The van der Waals surface area contributed by atoms with E-state index >= 15 is 0 Å². The van der Waals surface area contributed by atoms with E-state index in [4.69, 9.17) is 14.2 Å². The van der Waals surface area contributed by atoms with Crippen LogP contribution in [0.1, 0.15) is 162 Å². The van der Waals surface area contributed by atoms with Crippen LogP contribution in [0.25, 0.3) is 0 Å². The number of esters is 1. The van der Waals surface area contributed by atoms with Gasteiger partial charge in [0.2, 0.25) is 0 Å². The average Bonchev–Trinajstić information content (AvgIpc) is 2.88. The van der Waals surface area contributed by atoms with Gasteiger partial charge >= 0.3 is 5.97 Å². The maximum atomic E-state index is 12.2. The Morgan fingerprint density at radius 1 is 0.500 bits per heavy atom. The smallest absolute Gasteiger partial charge is 0.305 e. The Morgan fingerprint density at radius 3 is 1.44 bits per heavy atom. The maximum absolute atomic E-state index is 12.2. The van der Waals surface area contributed by atoms with E-state index in [0.717, 1.165) is 19.4 Å². The molecule has 0 aliphatic rings. The molecule has 0 aromatic carbocycles. The first-order chi connectivity index (χ1) is 17.7. The standard InChI is InChI=1S/C32H64O4/c1-4-7-10-13-15-16-18-21-26-34-28-29-35-27-22-25-32(33)36-30-31(23-19-12-9-6-3)24-20-17-14-11-8-5-2/h31H,4-30H2,1-3H3. The fourth-order valence-corrected chi connectivity index (χ4v) is 4.65. The van der Waals surface area contributed by atoms with Crippen molar-refractivity contribution in [3.05, 3.63) is 0 Å². The monoisotopic (exact) mass is 512 g/mol. The van der Waals surface area contributed by atoms with E-state index < -0.39 is 0 Å². The first kappa shape index (κ1) is 35.4. The summed E-state index contributed by atoms with van der Waals surface area (Å²) in [5, 5.41) is 0. The zero-order valence-corrected chi connectivity index (χ0v) is 24.8. The van der Waals surface area contributed by atoms with Gasteiger partial charge in [-0.15, -0.1) is 0 Å². The van der Waals surface area contributed by atoms with Crippen molar-refractivity contribution >= 4 is 5.97 Å². The molecule has 0 rings (SSSR count). The molecule has 0 N–H and O–H groups in total. The van der Waals surface area contributed by atoms with Gasteiger partial charge < -0.3 is 14.2 Å². The van der Waals surface area contributed by atoms with Gasteiger partial charge in [0, 0.05) is 19.6 Å². The topological polar surface area (TPSA) is 44.8 Å². The van der Waals surface area contributed by atoms with Crippen molar-refractivity contribution in [3.8, 4) is 0 Å². The van der Waals surface area contributed by atoms with Gasteiger partial charge in [-0.3, -0.25) is 4.79 Å². The summed E-state index contributed by atoms with van der Waals surface area (Å²) in [6, 6.07) is 0. The van der Waals surface area contributed by atoms with Crippen LogP contribution >= 0.6 is 0 Å². The van der Waals surface area contributed by atoms with E-state index in [1.165, 1.54) is 122 Å². The van der Waals surface area contributed by atoms with Gasteiger partial charge in [0.25, 0.3) is 0 Å². The maximum Gasteiger partial charge on any atom is 0.305 e. The summed E-state index contributed by atoms with van der Waals surface area (Å²) < 4.78 is 16.9. The van der Waals surface area contributed by atoms with Crippen molar-refractivity contribution in [2.45, 2.75) is 162 Å². The summed E-state index contributed by atoms with van der Waals surface area (Å²) in [7, 11) is 0. The average molecular weight is 513 g/mol. The van der Waals surface area contributed by atoms with Gasteiger partial charge in [0.15, 0.2) is 0 Å². The molecule has 216 valence electrons. The highest BCUT2D eigenvalue weighted by atomic mass is 16.5. The number of ether oxygens (including phenoxy) is 3. The van der Waals surface area contributed by atoms with Crippen LogP contribution in [-0.4, -0.2) is 39.0 Å². The Labute approximate surface area is 226 Å². The molecule has 0 radical (unpaired) electrons. The Kier molecular flexibility index (Phi) is 30.1.